The third-order valence-electron chi connectivity index (χ3n) is 4.40. The smallest absolute Gasteiger partial charge is 0.401 e. The van der Waals surface area contributed by atoms with Gasteiger partial charge in [-0.25, -0.2) is 0 Å². The van der Waals surface area contributed by atoms with Crippen LogP contribution in [0.4, 0.5) is 13.2 Å². The lowest BCUT2D eigenvalue weighted by Crippen LogP contribution is -2.44. The maximum Gasteiger partial charge on any atom is 0.401 e. The Morgan fingerprint density at radius 1 is 1.00 bits per heavy atom. The molecule has 0 bridgehead atoms. The second-order valence-corrected chi connectivity index (χ2v) is 6.17. The van der Waals surface area contributed by atoms with Crippen molar-refractivity contribution in [1.29, 1.82) is 0 Å². The lowest BCUT2D eigenvalue weighted by atomic mass is 9.79. The minimum Gasteiger partial charge on any atom is -0.458 e. The zero-order chi connectivity index (χ0) is 15.4. The van der Waals surface area contributed by atoms with Crippen LogP contribution in [0.2, 0.25) is 0 Å². The van der Waals surface area contributed by atoms with E-state index in [2.05, 4.69) is 0 Å². The fraction of sp³-hybridized carbons (Fsp3) is 0.933. The second-order valence-electron chi connectivity index (χ2n) is 6.17. The molecule has 1 aliphatic carbocycles. The molecule has 0 heterocycles. The maximum absolute atomic E-state index is 12.6. The van der Waals surface area contributed by atoms with Crippen molar-refractivity contribution in [3.05, 3.63) is 0 Å². The summed E-state index contributed by atoms with van der Waals surface area (Å²) in [6, 6.07) is 0. The first kappa shape index (κ1) is 17.3. The van der Waals surface area contributed by atoms with Gasteiger partial charge in [-0.1, -0.05) is 33.1 Å². The van der Waals surface area contributed by atoms with E-state index in [4.69, 9.17) is 4.74 Å². The monoisotopic (exact) mass is 294 g/mol. The van der Waals surface area contributed by atoms with E-state index in [0.29, 0.717) is 12.8 Å². The van der Waals surface area contributed by atoms with Crippen molar-refractivity contribution in [3.8, 4) is 0 Å². The summed E-state index contributed by atoms with van der Waals surface area (Å²) in [5.41, 5.74) is -0.725. The minimum absolute atomic E-state index is 0.0324. The molecule has 1 fully saturated rings. The van der Waals surface area contributed by atoms with E-state index in [1.807, 2.05) is 13.8 Å². The van der Waals surface area contributed by atoms with Gasteiger partial charge in [0.05, 0.1) is 0 Å². The Morgan fingerprint density at radius 2 is 1.45 bits per heavy atom. The molecule has 0 aromatic carbocycles. The Bertz CT molecular complexity index is 316. The zero-order valence-corrected chi connectivity index (χ0v) is 12.6. The average Bonchev–Trinajstić information content (AvgIpc) is 2.30. The minimum atomic E-state index is -4.53. The van der Waals surface area contributed by atoms with Crippen LogP contribution in [0.5, 0.6) is 0 Å². The number of halogens is 3. The van der Waals surface area contributed by atoms with Crippen LogP contribution in [0.1, 0.15) is 65.7 Å². The quantitative estimate of drug-likeness (QED) is 0.694. The van der Waals surface area contributed by atoms with Gasteiger partial charge in [-0.2, -0.15) is 13.2 Å². The SMILES string of the molecule is CC(C(=O)OC1(C(C)C)CCCCCCC1)C(F)(F)F. The van der Waals surface area contributed by atoms with Gasteiger partial charge in [0.1, 0.15) is 11.5 Å². The molecule has 0 saturated heterocycles. The highest BCUT2D eigenvalue weighted by atomic mass is 19.4. The van der Waals surface area contributed by atoms with E-state index < -0.39 is 23.7 Å². The first-order valence-corrected chi connectivity index (χ1v) is 7.48. The molecular formula is C15H25F3O2. The van der Waals surface area contributed by atoms with E-state index in [9.17, 15) is 18.0 Å². The number of hydrogen-bond donors (Lipinski definition) is 0. The summed E-state index contributed by atoms with van der Waals surface area (Å²) in [6.45, 7) is 4.72. The molecule has 2 nitrogen and oxygen atoms in total. The Kier molecular flexibility index (Phi) is 5.90. The maximum atomic E-state index is 12.6. The summed E-state index contributed by atoms with van der Waals surface area (Å²) in [4.78, 5) is 11.8. The van der Waals surface area contributed by atoms with Crippen molar-refractivity contribution in [2.24, 2.45) is 11.8 Å². The van der Waals surface area contributed by atoms with Gasteiger partial charge in [0, 0.05) is 0 Å². The van der Waals surface area contributed by atoms with Crippen LogP contribution in [0.15, 0.2) is 0 Å². The van der Waals surface area contributed by atoms with Crippen LogP contribution in [0, 0.1) is 11.8 Å². The van der Waals surface area contributed by atoms with Crippen LogP contribution >= 0.6 is 0 Å². The Morgan fingerprint density at radius 3 is 1.85 bits per heavy atom. The first-order chi connectivity index (χ1) is 9.19. The van der Waals surface area contributed by atoms with Gasteiger partial charge in [0.25, 0.3) is 0 Å². The van der Waals surface area contributed by atoms with Crippen LogP contribution in [0.3, 0.4) is 0 Å². The number of hydrogen-bond acceptors (Lipinski definition) is 2. The highest BCUT2D eigenvalue weighted by Gasteiger charge is 2.46. The first-order valence-electron chi connectivity index (χ1n) is 7.48. The van der Waals surface area contributed by atoms with Crippen molar-refractivity contribution in [2.45, 2.75) is 77.5 Å². The van der Waals surface area contributed by atoms with Gasteiger partial charge in [-0.15, -0.1) is 0 Å². The van der Waals surface area contributed by atoms with Crippen molar-refractivity contribution < 1.29 is 22.7 Å². The van der Waals surface area contributed by atoms with Gasteiger partial charge in [-0.3, -0.25) is 4.79 Å². The molecule has 0 spiro atoms. The van der Waals surface area contributed by atoms with Crippen LogP contribution in [-0.4, -0.2) is 17.7 Å². The molecule has 0 amide bonds. The molecule has 1 unspecified atom stereocenters. The van der Waals surface area contributed by atoms with Crippen molar-refractivity contribution in [1.82, 2.24) is 0 Å². The molecule has 1 aliphatic rings. The van der Waals surface area contributed by atoms with E-state index in [1.54, 1.807) is 0 Å². The molecule has 0 aromatic heterocycles. The van der Waals surface area contributed by atoms with Crippen molar-refractivity contribution in [2.75, 3.05) is 0 Å². The number of esters is 1. The third kappa shape index (κ3) is 4.38. The van der Waals surface area contributed by atoms with Gasteiger partial charge < -0.3 is 4.74 Å². The molecule has 1 atom stereocenters. The Hall–Kier alpha value is -0.740. The number of ether oxygens (including phenoxy) is 1. The topological polar surface area (TPSA) is 26.3 Å². The normalized spacial score (nSPS) is 21.9. The Balaban J connectivity index is 2.82. The third-order valence-corrected chi connectivity index (χ3v) is 4.40. The number of carbonyl (C=O) groups excluding carboxylic acids is 1. The van der Waals surface area contributed by atoms with E-state index in [1.165, 1.54) is 0 Å². The zero-order valence-electron chi connectivity index (χ0n) is 12.6. The van der Waals surface area contributed by atoms with E-state index >= 15 is 0 Å². The molecule has 0 aliphatic heterocycles. The molecule has 0 aromatic rings. The lowest BCUT2D eigenvalue weighted by molar-refractivity contribution is -0.209. The fourth-order valence-electron chi connectivity index (χ4n) is 2.72. The average molecular weight is 294 g/mol. The van der Waals surface area contributed by atoms with Crippen LogP contribution < -0.4 is 0 Å². The highest BCUT2D eigenvalue weighted by Crippen LogP contribution is 2.38. The van der Waals surface area contributed by atoms with Crippen LogP contribution in [-0.2, 0) is 9.53 Å². The summed E-state index contributed by atoms with van der Waals surface area (Å²) in [6.07, 6.45) is 1.89. The number of rotatable bonds is 3. The molecule has 0 N–H and O–H groups in total. The summed E-state index contributed by atoms with van der Waals surface area (Å²) >= 11 is 0. The van der Waals surface area contributed by atoms with Gasteiger partial charge in [-0.05, 0) is 38.5 Å². The standard InChI is InChI=1S/C15H25F3O2/c1-11(2)14(9-7-5-4-6-8-10-14)20-13(19)12(3)15(16,17)18/h11-12H,4-10H2,1-3H3. The second kappa shape index (κ2) is 6.81. The highest BCUT2D eigenvalue weighted by molar-refractivity contribution is 5.73. The fourth-order valence-corrected chi connectivity index (χ4v) is 2.72. The van der Waals surface area contributed by atoms with Crippen molar-refractivity contribution >= 4 is 5.97 Å². The largest absolute Gasteiger partial charge is 0.458 e. The van der Waals surface area contributed by atoms with Gasteiger partial charge in [0.2, 0.25) is 0 Å². The van der Waals surface area contributed by atoms with Gasteiger partial charge in [0.15, 0.2) is 0 Å². The molecule has 1 rings (SSSR count). The number of carbonyl (C=O) groups is 1. The molecule has 20 heavy (non-hydrogen) atoms. The molecule has 5 heteroatoms. The van der Waals surface area contributed by atoms with E-state index in [0.717, 1.165) is 39.0 Å². The van der Waals surface area contributed by atoms with Gasteiger partial charge >= 0.3 is 12.1 Å². The summed E-state index contributed by atoms with van der Waals surface area (Å²) in [7, 11) is 0. The predicted molar refractivity (Wildman–Crippen MR) is 71.2 cm³/mol. The molecular weight excluding hydrogens is 269 g/mol. The molecule has 1 saturated carbocycles. The molecule has 0 radical (unpaired) electrons. The predicted octanol–water partition coefficient (Wildman–Crippen LogP) is 4.87. The summed E-state index contributed by atoms with van der Waals surface area (Å²) in [5.74, 6) is -3.15. The van der Waals surface area contributed by atoms with Crippen molar-refractivity contribution in [3.63, 3.8) is 0 Å². The Labute approximate surface area is 119 Å². The summed E-state index contributed by atoms with van der Waals surface area (Å²) in [5, 5.41) is 0. The summed E-state index contributed by atoms with van der Waals surface area (Å²) < 4.78 is 43.3. The lowest BCUT2D eigenvalue weighted by Gasteiger charge is -2.39. The molecule has 118 valence electrons. The van der Waals surface area contributed by atoms with E-state index in [-0.39, 0.29) is 5.92 Å². The number of alkyl halides is 3. The van der Waals surface area contributed by atoms with Crippen LogP contribution in [0.25, 0.3) is 0 Å².